The Morgan fingerprint density at radius 2 is 0.897 bits per heavy atom. The Morgan fingerprint density at radius 1 is 0.517 bits per heavy atom. The Kier molecular flexibility index (Phi) is 14.4. The van der Waals surface area contributed by atoms with Crippen molar-refractivity contribution in [1.82, 2.24) is 0 Å². The summed E-state index contributed by atoms with van der Waals surface area (Å²) in [5, 5.41) is 0. The average Bonchev–Trinajstić information content (AvgIpc) is 2.64. The van der Waals surface area contributed by atoms with Crippen LogP contribution < -0.4 is 0 Å². The topological polar surface area (TPSA) is 149 Å². The SMILES string of the molecule is CCCOC(=O)CC(=O)OCCC(=O)CC(=O)OCOC(=O)CC(=O)OCCC. The van der Waals surface area contributed by atoms with Gasteiger partial charge in [0.1, 0.15) is 25.0 Å². The molecule has 0 bridgehead atoms. The van der Waals surface area contributed by atoms with Crippen LogP contribution in [0.1, 0.15) is 52.4 Å². The van der Waals surface area contributed by atoms with Crippen LogP contribution in [-0.4, -0.2) is 62.2 Å². The molecule has 0 unspecified atom stereocenters. The van der Waals surface area contributed by atoms with Gasteiger partial charge in [-0.25, -0.2) is 0 Å². The third kappa shape index (κ3) is 15.7. The van der Waals surface area contributed by atoms with E-state index in [4.69, 9.17) is 9.47 Å². The lowest BCUT2D eigenvalue weighted by atomic mass is 10.2. The van der Waals surface area contributed by atoms with Gasteiger partial charge in [0, 0.05) is 6.42 Å². The molecular weight excluding hydrogens is 392 g/mol. The van der Waals surface area contributed by atoms with Crippen LogP contribution in [0.25, 0.3) is 0 Å². The fraction of sp³-hybridized carbons (Fsp3) is 0.667. The molecule has 11 heteroatoms. The molecule has 0 aromatic carbocycles. The van der Waals surface area contributed by atoms with Crippen LogP contribution in [-0.2, 0) is 52.5 Å². The van der Waals surface area contributed by atoms with E-state index in [0.717, 1.165) is 0 Å². The van der Waals surface area contributed by atoms with Crippen LogP contribution in [0.5, 0.6) is 0 Å². The first-order chi connectivity index (χ1) is 13.8. The Labute approximate surface area is 167 Å². The fourth-order valence-corrected chi connectivity index (χ4v) is 1.61. The standard InChI is InChI=1S/C18H26O11/c1-3-6-25-15(21)10-17(23)27-8-5-13(19)9-14(20)28-12-29-18(24)11-16(22)26-7-4-2/h3-12H2,1-2H3. The Bertz CT molecular complexity index is 532. The van der Waals surface area contributed by atoms with Gasteiger partial charge in [0.05, 0.1) is 19.8 Å². The highest BCUT2D eigenvalue weighted by Gasteiger charge is 2.16. The molecule has 0 aliphatic carbocycles. The maximum Gasteiger partial charge on any atom is 0.320 e. The fourth-order valence-electron chi connectivity index (χ4n) is 1.61. The van der Waals surface area contributed by atoms with E-state index in [1.165, 1.54) is 0 Å². The van der Waals surface area contributed by atoms with Gasteiger partial charge in [0.25, 0.3) is 0 Å². The highest BCUT2D eigenvalue weighted by atomic mass is 16.7. The van der Waals surface area contributed by atoms with Gasteiger partial charge >= 0.3 is 29.8 Å². The molecular formula is C18H26O11. The highest BCUT2D eigenvalue weighted by molar-refractivity contribution is 5.96. The van der Waals surface area contributed by atoms with Gasteiger partial charge < -0.3 is 23.7 Å². The first kappa shape index (κ1) is 26.0. The molecule has 0 atom stereocenters. The molecule has 0 fully saturated rings. The van der Waals surface area contributed by atoms with Crippen LogP contribution in [0, 0.1) is 0 Å². The van der Waals surface area contributed by atoms with E-state index < -0.39 is 61.7 Å². The van der Waals surface area contributed by atoms with Crippen molar-refractivity contribution in [3.8, 4) is 0 Å². The summed E-state index contributed by atoms with van der Waals surface area (Å²) < 4.78 is 23.1. The summed E-state index contributed by atoms with van der Waals surface area (Å²) in [5.74, 6) is -4.79. The molecule has 0 saturated carbocycles. The normalized spacial score (nSPS) is 9.86. The summed E-state index contributed by atoms with van der Waals surface area (Å²) in [6, 6.07) is 0. The molecule has 0 radical (unpaired) electrons. The molecule has 0 aromatic rings. The minimum Gasteiger partial charge on any atom is -0.465 e. The van der Waals surface area contributed by atoms with Gasteiger partial charge in [-0.15, -0.1) is 0 Å². The van der Waals surface area contributed by atoms with Gasteiger partial charge in [-0.05, 0) is 12.8 Å². The predicted octanol–water partition coefficient (Wildman–Crippen LogP) is 0.609. The lowest BCUT2D eigenvalue weighted by Gasteiger charge is -2.07. The minimum absolute atomic E-state index is 0.182. The third-order valence-electron chi connectivity index (χ3n) is 2.94. The second-order valence-corrected chi connectivity index (χ2v) is 5.63. The van der Waals surface area contributed by atoms with Crippen molar-refractivity contribution in [1.29, 1.82) is 0 Å². The molecule has 0 saturated heterocycles. The van der Waals surface area contributed by atoms with Crippen LogP contribution in [0.3, 0.4) is 0 Å². The lowest BCUT2D eigenvalue weighted by Crippen LogP contribution is -2.19. The molecule has 0 N–H and O–H groups in total. The summed E-state index contributed by atoms with van der Waals surface area (Å²) in [6.07, 6.45) is -0.825. The van der Waals surface area contributed by atoms with Crippen molar-refractivity contribution in [2.75, 3.05) is 26.6 Å². The monoisotopic (exact) mass is 418 g/mol. The van der Waals surface area contributed by atoms with E-state index in [1.54, 1.807) is 13.8 Å². The van der Waals surface area contributed by atoms with Crippen molar-refractivity contribution in [2.24, 2.45) is 0 Å². The smallest absolute Gasteiger partial charge is 0.320 e. The largest absolute Gasteiger partial charge is 0.465 e. The maximum absolute atomic E-state index is 11.6. The molecule has 0 rings (SSSR count). The second kappa shape index (κ2) is 16.0. The molecule has 0 aliphatic heterocycles. The molecule has 29 heavy (non-hydrogen) atoms. The van der Waals surface area contributed by atoms with Crippen molar-refractivity contribution in [3.63, 3.8) is 0 Å². The van der Waals surface area contributed by atoms with E-state index in [9.17, 15) is 28.8 Å². The van der Waals surface area contributed by atoms with Gasteiger partial charge in [-0.2, -0.15) is 0 Å². The van der Waals surface area contributed by atoms with Gasteiger partial charge in [-0.1, -0.05) is 13.8 Å². The minimum atomic E-state index is -0.953. The zero-order valence-corrected chi connectivity index (χ0v) is 16.6. The lowest BCUT2D eigenvalue weighted by molar-refractivity contribution is -0.169. The number of esters is 5. The molecule has 0 spiro atoms. The second-order valence-electron chi connectivity index (χ2n) is 5.63. The summed E-state index contributed by atoms with van der Waals surface area (Å²) in [6.45, 7) is 2.92. The van der Waals surface area contributed by atoms with E-state index >= 15 is 0 Å². The van der Waals surface area contributed by atoms with Crippen LogP contribution in [0.15, 0.2) is 0 Å². The summed E-state index contributed by atoms with van der Waals surface area (Å²) in [5.41, 5.74) is 0. The summed E-state index contributed by atoms with van der Waals surface area (Å²) in [4.78, 5) is 68.1. The molecule has 0 heterocycles. The number of ketones is 1. The predicted molar refractivity (Wildman–Crippen MR) is 94.0 cm³/mol. The van der Waals surface area contributed by atoms with Crippen molar-refractivity contribution in [2.45, 2.75) is 52.4 Å². The zero-order valence-electron chi connectivity index (χ0n) is 16.6. The van der Waals surface area contributed by atoms with Crippen LogP contribution in [0.4, 0.5) is 0 Å². The molecule has 0 amide bonds. The summed E-state index contributed by atoms with van der Waals surface area (Å²) >= 11 is 0. The molecule has 0 aliphatic rings. The van der Waals surface area contributed by atoms with Crippen molar-refractivity contribution in [3.05, 3.63) is 0 Å². The molecule has 164 valence electrons. The highest BCUT2D eigenvalue weighted by Crippen LogP contribution is 1.99. The maximum atomic E-state index is 11.6. The molecule has 11 nitrogen and oxygen atoms in total. The van der Waals surface area contributed by atoms with Crippen LogP contribution in [0.2, 0.25) is 0 Å². The third-order valence-corrected chi connectivity index (χ3v) is 2.94. The van der Waals surface area contributed by atoms with Crippen LogP contribution >= 0.6 is 0 Å². The number of carbonyl (C=O) groups is 6. The number of rotatable bonds is 15. The van der Waals surface area contributed by atoms with E-state index in [2.05, 4.69) is 14.2 Å². The number of hydrogen-bond acceptors (Lipinski definition) is 11. The number of carbonyl (C=O) groups excluding carboxylic acids is 6. The quantitative estimate of drug-likeness (QED) is 0.159. The zero-order chi connectivity index (χ0) is 22.1. The number of Topliss-reactive ketones (excluding diaryl/α,β-unsaturated/α-hetero) is 1. The van der Waals surface area contributed by atoms with Crippen molar-refractivity contribution < 1.29 is 52.5 Å². The van der Waals surface area contributed by atoms with Gasteiger partial charge in [0.2, 0.25) is 6.79 Å². The van der Waals surface area contributed by atoms with E-state index in [1.807, 2.05) is 0 Å². The summed E-state index contributed by atoms with van der Waals surface area (Å²) in [7, 11) is 0. The Morgan fingerprint density at radius 3 is 1.34 bits per heavy atom. The van der Waals surface area contributed by atoms with E-state index in [0.29, 0.717) is 12.8 Å². The Hall–Kier alpha value is -2.98. The number of ether oxygens (including phenoxy) is 5. The first-order valence-electron chi connectivity index (χ1n) is 9.08. The number of hydrogen-bond donors (Lipinski definition) is 0. The Balaban J connectivity index is 3.85. The first-order valence-corrected chi connectivity index (χ1v) is 9.08. The van der Waals surface area contributed by atoms with Gasteiger partial charge in [-0.3, -0.25) is 28.8 Å². The van der Waals surface area contributed by atoms with Crippen molar-refractivity contribution >= 4 is 35.6 Å². The van der Waals surface area contributed by atoms with Gasteiger partial charge in [0.15, 0.2) is 0 Å². The van der Waals surface area contributed by atoms with E-state index in [-0.39, 0.29) is 26.2 Å². The molecule has 0 aromatic heterocycles. The average molecular weight is 418 g/mol.